The molecule has 3 aromatic heterocycles. The van der Waals surface area contributed by atoms with Crippen LogP contribution in [0.15, 0.2) is 57.9 Å². The van der Waals surface area contributed by atoms with E-state index in [-0.39, 0.29) is 15.9 Å². The Bertz CT molecular complexity index is 1650. The van der Waals surface area contributed by atoms with E-state index in [4.69, 9.17) is 26.1 Å². The molecule has 0 fully saturated rings. The number of thiazole rings is 1. The highest BCUT2D eigenvalue weighted by Crippen LogP contribution is 2.35. The zero-order chi connectivity index (χ0) is 23.8. The lowest BCUT2D eigenvalue weighted by atomic mass is 10.1. The second-order valence-corrected chi connectivity index (χ2v) is 8.90. The summed E-state index contributed by atoms with van der Waals surface area (Å²) in [5, 5.41) is 0.411. The van der Waals surface area contributed by atoms with E-state index in [0.29, 0.717) is 10.9 Å². The van der Waals surface area contributed by atoms with E-state index in [1.54, 1.807) is 6.07 Å². The zero-order valence-corrected chi connectivity index (χ0v) is 20.5. The molecule has 0 radical (unpaired) electrons. The molecule has 0 aliphatic rings. The third-order valence-electron chi connectivity index (χ3n) is 5.57. The van der Waals surface area contributed by atoms with Gasteiger partial charge in [-0.2, -0.15) is 0 Å². The molecule has 0 bridgehead atoms. The van der Waals surface area contributed by atoms with Gasteiger partial charge in [-0.25, -0.2) is 14.5 Å². The minimum Gasteiger partial charge on any atom is -0.493 e. The van der Waals surface area contributed by atoms with Crippen LogP contribution in [0.25, 0.3) is 26.4 Å². The minimum atomic E-state index is -0.409. The van der Waals surface area contributed by atoms with E-state index < -0.39 is 5.56 Å². The fraction of sp³-hybridized carbons (Fsp3) is 0.200. The Morgan fingerprint density at radius 1 is 1.06 bits per heavy atom. The van der Waals surface area contributed by atoms with E-state index in [1.807, 2.05) is 30.3 Å². The summed E-state index contributed by atoms with van der Waals surface area (Å²) < 4.78 is 19.5. The zero-order valence-electron chi connectivity index (χ0n) is 18.8. The molecule has 2 aromatic carbocycles. The van der Waals surface area contributed by atoms with Crippen LogP contribution in [0.5, 0.6) is 17.2 Å². The number of fused-ring (bicyclic) bond motifs is 2. The number of aromatic nitrogens is 3. The molecule has 0 saturated heterocycles. The third kappa shape index (κ3) is 3.76. The first-order valence-electron chi connectivity index (χ1n) is 10.8. The fourth-order valence-corrected chi connectivity index (χ4v) is 5.08. The van der Waals surface area contributed by atoms with Crippen molar-refractivity contribution < 1.29 is 13.9 Å². The Hall–Kier alpha value is -3.56. The van der Waals surface area contributed by atoms with Crippen molar-refractivity contribution >= 4 is 44.9 Å². The van der Waals surface area contributed by atoms with Crippen LogP contribution in [0, 0.1) is 4.84 Å². The molecule has 0 aliphatic heterocycles. The first kappa shape index (κ1) is 22.2. The van der Waals surface area contributed by atoms with Crippen molar-refractivity contribution in [2.75, 3.05) is 7.11 Å². The number of aryl methyl sites for hydroxylation is 2. The highest BCUT2D eigenvalue weighted by Gasteiger charge is 2.18. The first-order valence-corrected chi connectivity index (χ1v) is 12.0. The SMILES string of the molecule is CCc1ccccc1Oc1cc2sc(-n3c(=S)oc4c(OC)ccnc4c3=O)nc2cc1CC. The van der Waals surface area contributed by atoms with Gasteiger partial charge < -0.3 is 13.9 Å². The van der Waals surface area contributed by atoms with Gasteiger partial charge in [0.25, 0.3) is 10.4 Å². The molecule has 0 spiro atoms. The number of para-hydroxylation sites is 1. The molecule has 9 heteroatoms. The Labute approximate surface area is 204 Å². The highest BCUT2D eigenvalue weighted by molar-refractivity contribution is 7.71. The van der Waals surface area contributed by atoms with E-state index in [2.05, 4.69) is 29.9 Å². The van der Waals surface area contributed by atoms with Crippen LogP contribution in [0.1, 0.15) is 25.0 Å². The van der Waals surface area contributed by atoms with Gasteiger partial charge in [-0.3, -0.25) is 4.79 Å². The van der Waals surface area contributed by atoms with Crippen molar-refractivity contribution in [3.8, 4) is 22.4 Å². The van der Waals surface area contributed by atoms with Crippen molar-refractivity contribution in [3.05, 3.63) is 75.0 Å². The van der Waals surface area contributed by atoms with Crippen LogP contribution in [-0.4, -0.2) is 21.6 Å². The van der Waals surface area contributed by atoms with Gasteiger partial charge in [-0.1, -0.05) is 43.4 Å². The van der Waals surface area contributed by atoms with Gasteiger partial charge in [-0.15, -0.1) is 0 Å². The van der Waals surface area contributed by atoms with Gasteiger partial charge in [0, 0.05) is 18.3 Å². The van der Waals surface area contributed by atoms with Gasteiger partial charge in [0.05, 0.1) is 17.3 Å². The molecule has 0 aliphatic carbocycles. The number of pyridine rings is 1. The van der Waals surface area contributed by atoms with Crippen LogP contribution in [0.2, 0.25) is 0 Å². The summed E-state index contributed by atoms with van der Waals surface area (Å²) in [6, 6.07) is 13.6. The molecule has 0 amide bonds. The lowest BCUT2D eigenvalue weighted by Crippen LogP contribution is -2.20. The molecule has 7 nitrogen and oxygen atoms in total. The summed E-state index contributed by atoms with van der Waals surface area (Å²) >= 11 is 6.74. The molecule has 0 N–H and O–H groups in total. The maximum Gasteiger partial charge on any atom is 0.290 e. The third-order valence-corrected chi connectivity index (χ3v) is 6.84. The lowest BCUT2D eigenvalue weighted by Gasteiger charge is -2.13. The van der Waals surface area contributed by atoms with Gasteiger partial charge in [0.2, 0.25) is 10.7 Å². The number of nitrogens with zero attached hydrogens (tertiary/aromatic N) is 3. The van der Waals surface area contributed by atoms with Crippen molar-refractivity contribution in [1.29, 1.82) is 0 Å². The smallest absolute Gasteiger partial charge is 0.290 e. The summed E-state index contributed by atoms with van der Waals surface area (Å²) in [6.45, 7) is 4.17. The molecule has 0 unspecified atom stereocenters. The largest absolute Gasteiger partial charge is 0.493 e. The number of benzene rings is 2. The standard InChI is InChI=1S/C25H21N3O4S2/c1-4-14-8-6-7-9-17(14)31-19-13-20-16(12-15(19)5-2)27-24(34-20)28-23(29)21-22(32-25(28)33)18(30-3)10-11-26-21/h6-13H,4-5H2,1-3H3. The van der Waals surface area contributed by atoms with Gasteiger partial charge >= 0.3 is 0 Å². The fourth-order valence-electron chi connectivity index (χ4n) is 3.80. The topological polar surface area (TPSA) is 79.4 Å². The average molecular weight is 492 g/mol. The molecule has 172 valence electrons. The van der Waals surface area contributed by atoms with Crippen molar-refractivity contribution in [2.24, 2.45) is 0 Å². The number of hydrogen-bond acceptors (Lipinski definition) is 8. The number of methoxy groups -OCH3 is 1. The van der Waals surface area contributed by atoms with E-state index >= 15 is 0 Å². The van der Waals surface area contributed by atoms with Crippen LogP contribution in [0.4, 0.5) is 0 Å². The van der Waals surface area contributed by atoms with Crippen LogP contribution < -0.4 is 15.0 Å². The summed E-state index contributed by atoms with van der Waals surface area (Å²) in [5.74, 6) is 2.00. The molecule has 5 rings (SSSR count). The maximum absolute atomic E-state index is 13.3. The van der Waals surface area contributed by atoms with Crippen molar-refractivity contribution in [1.82, 2.24) is 14.5 Å². The van der Waals surface area contributed by atoms with Crippen LogP contribution in [0.3, 0.4) is 0 Å². The second kappa shape index (κ2) is 9.00. The monoisotopic (exact) mass is 491 g/mol. The molecule has 3 heterocycles. The summed E-state index contributed by atoms with van der Waals surface area (Å²) in [5.41, 5.74) is 2.85. The number of ether oxygens (including phenoxy) is 2. The van der Waals surface area contributed by atoms with Crippen LogP contribution >= 0.6 is 23.6 Å². The Kier molecular flexibility index (Phi) is 5.89. The Morgan fingerprint density at radius 3 is 2.62 bits per heavy atom. The normalized spacial score (nSPS) is 11.3. The van der Waals surface area contributed by atoms with Crippen molar-refractivity contribution in [2.45, 2.75) is 26.7 Å². The Balaban J connectivity index is 1.65. The molecular weight excluding hydrogens is 470 g/mol. The van der Waals surface area contributed by atoms with E-state index in [0.717, 1.165) is 45.7 Å². The molecule has 0 saturated carbocycles. The van der Waals surface area contributed by atoms with Crippen LogP contribution in [-0.2, 0) is 12.8 Å². The second-order valence-electron chi connectivity index (χ2n) is 7.54. The highest BCUT2D eigenvalue weighted by atomic mass is 32.1. The van der Waals surface area contributed by atoms with E-state index in [9.17, 15) is 4.79 Å². The molecule has 34 heavy (non-hydrogen) atoms. The summed E-state index contributed by atoms with van der Waals surface area (Å²) in [4.78, 5) is 22.1. The van der Waals surface area contributed by atoms with E-state index in [1.165, 1.54) is 29.2 Å². The molecular formula is C25H21N3O4S2. The van der Waals surface area contributed by atoms with Crippen molar-refractivity contribution in [3.63, 3.8) is 0 Å². The van der Waals surface area contributed by atoms with Gasteiger partial charge in [-0.05, 0) is 48.3 Å². The molecule has 0 atom stereocenters. The Morgan fingerprint density at radius 2 is 1.85 bits per heavy atom. The average Bonchev–Trinajstić information content (AvgIpc) is 3.25. The minimum absolute atomic E-state index is 0.0214. The predicted molar refractivity (Wildman–Crippen MR) is 135 cm³/mol. The van der Waals surface area contributed by atoms with Gasteiger partial charge in [0.15, 0.2) is 11.3 Å². The predicted octanol–water partition coefficient (Wildman–Crippen LogP) is 6.24. The lowest BCUT2D eigenvalue weighted by molar-refractivity contribution is 0.404. The summed E-state index contributed by atoms with van der Waals surface area (Å²) in [6.07, 6.45) is 3.14. The first-order chi connectivity index (χ1) is 16.5. The summed E-state index contributed by atoms with van der Waals surface area (Å²) in [7, 11) is 1.50. The molecule has 5 aromatic rings. The number of hydrogen-bond donors (Lipinski definition) is 0. The quantitative estimate of drug-likeness (QED) is 0.260. The maximum atomic E-state index is 13.3. The number of rotatable bonds is 6. The van der Waals surface area contributed by atoms with Gasteiger partial charge in [0.1, 0.15) is 11.5 Å².